The highest BCUT2D eigenvalue weighted by Crippen LogP contribution is 2.26. The van der Waals surface area contributed by atoms with Gasteiger partial charge in [0.05, 0.1) is 17.7 Å². The summed E-state index contributed by atoms with van der Waals surface area (Å²) >= 11 is 0. The van der Waals surface area contributed by atoms with E-state index >= 15 is 0 Å². The number of hydrogen-bond acceptors (Lipinski definition) is 5. The summed E-state index contributed by atoms with van der Waals surface area (Å²) < 4.78 is 16.8. The lowest BCUT2D eigenvalue weighted by atomic mass is 10.1. The van der Waals surface area contributed by atoms with Crippen LogP contribution in [0.2, 0.25) is 0 Å². The molecule has 31 heavy (non-hydrogen) atoms. The molecule has 0 saturated carbocycles. The van der Waals surface area contributed by atoms with E-state index in [2.05, 4.69) is 0 Å². The number of esters is 1. The van der Waals surface area contributed by atoms with Crippen molar-refractivity contribution >= 4 is 18.0 Å². The summed E-state index contributed by atoms with van der Waals surface area (Å²) in [5, 5.41) is 9.06. The number of rotatable bonds is 6. The SMILES string of the molecule is O=C1OC(c2ccccc2)OC/C1=C\c1ccc(OCc2cccc(C(=O)O)c2)cc1. The topological polar surface area (TPSA) is 82.1 Å². The molecular weight excluding hydrogens is 396 g/mol. The molecule has 6 nitrogen and oxygen atoms in total. The van der Waals surface area contributed by atoms with E-state index < -0.39 is 18.2 Å². The molecule has 3 aromatic rings. The maximum atomic E-state index is 12.3. The van der Waals surface area contributed by atoms with Gasteiger partial charge in [-0.1, -0.05) is 54.6 Å². The quantitative estimate of drug-likeness (QED) is 0.466. The highest BCUT2D eigenvalue weighted by atomic mass is 16.7. The van der Waals surface area contributed by atoms with E-state index in [1.165, 1.54) is 6.07 Å². The second-order valence-corrected chi connectivity index (χ2v) is 6.99. The van der Waals surface area contributed by atoms with Gasteiger partial charge in [-0.2, -0.15) is 0 Å². The van der Waals surface area contributed by atoms with Gasteiger partial charge in [0.15, 0.2) is 0 Å². The molecule has 1 fully saturated rings. The molecule has 1 saturated heterocycles. The van der Waals surface area contributed by atoms with E-state index in [-0.39, 0.29) is 18.8 Å². The van der Waals surface area contributed by atoms with Crippen molar-refractivity contribution in [3.8, 4) is 5.75 Å². The summed E-state index contributed by atoms with van der Waals surface area (Å²) in [5.41, 5.74) is 3.03. The normalized spacial score (nSPS) is 17.2. The van der Waals surface area contributed by atoms with E-state index in [1.54, 1.807) is 30.3 Å². The van der Waals surface area contributed by atoms with Crippen molar-refractivity contribution in [1.29, 1.82) is 0 Å². The van der Waals surface area contributed by atoms with Gasteiger partial charge in [0.25, 0.3) is 0 Å². The Bertz CT molecular complexity index is 1100. The molecule has 0 aromatic heterocycles. The number of ether oxygens (including phenoxy) is 3. The number of carbonyl (C=O) groups is 2. The molecule has 0 bridgehead atoms. The molecule has 6 heteroatoms. The van der Waals surface area contributed by atoms with Crippen molar-refractivity contribution in [1.82, 2.24) is 0 Å². The predicted molar refractivity (Wildman–Crippen MR) is 113 cm³/mol. The van der Waals surface area contributed by atoms with Crippen LogP contribution in [0.4, 0.5) is 0 Å². The second kappa shape index (κ2) is 9.28. The van der Waals surface area contributed by atoms with Crippen LogP contribution in [0.5, 0.6) is 5.75 Å². The molecule has 0 spiro atoms. The molecule has 1 heterocycles. The van der Waals surface area contributed by atoms with E-state index in [0.29, 0.717) is 11.3 Å². The number of carbonyl (C=O) groups excluding carboxylic acids is 1. The summed E-state index contributed by atoms with van der Waals surface area (Å²) in [7, 11) is 0. The van der Waals surface area contributed by atoms with Crippen LogP contribution < -0.4 is 4.74 Å². The molecule has 1 atom stereocenters. The minimum Gasteiger partial charge on any atom is -0.489 e. The van der Waals surface area contributed by atoms with Gasteiger partial charge >= 0.3 is 11.9 Å². The second-order valence-electron chi connectivity index (χ2n) is 6.99. The fraction of sp³-hybridized carbons (Fsp3) is 0.120. The fourth-order valence-electron chi connectivity index (χ4n) is 3.13. The smallest absolute Gasteiger partial charge is 0.338 e. The number of aromatic carboxylic acids is 1. The Kier molecular flexibility index (Phi) is 6.10. The Balaban J connectivity index is 1.36. The summed E-state index contributed by atoms with van der Waals surface area (Å²) in [6, 6.07) is 23.2. The van der Waals surface area contributed by atoms with Gasteiger partial charge in [-0.15, -0.1) is 0 Å². The molecular formula is C25H20O6. The van der Waals surface area contributed by atoms with E-state index in [9.17, 15) is 9.59 Å². The van der Waals surface area contributed by atoms with Gasteiger partial charge in [-0.05, 0) is 41.5 Å². The maximum Gasteiger partial charge on any atom is 0.338 e. The van der Waals surface area contributed by atoms with Crippen molar-refractivity contribution in [3.05, 3.63) is 107 Å². The van der Waals surface area contributed by atoms with Crippen molar-refractivity contribution in [2.75, 3.05) is 6.61 Å². The van der Waals surface area contributed by atoms with Crippen LogP contribution in [0.15, 0.2) is 84.4 Å². The summed E-state index contributed by atoms with van der Waals surface area (Å²) in [4.78, 5) is 23.4. The van der Waals surface area contributed by atoms with Gasteiger partial charge in [0.1, 0.15) is 12.4 Å². The van der Waals surface area contributed by atoms with Crippen molar-refractivity contribution in [2.45, 2.75) is 12.9 Å². The van der Waals surface area contributed by atoms with Crippen LogP contribution in [-0.4, -0.2) is 23.7 Å². The first-order valence-electron chi connectivity index (χ1n) is 9.72. The lowest BCUT2D eigenvalue weighted by Gasteiger charge is -2.24. The van der Waals surface area contributed by atoms with Crippen LogP contribution in [0.3, 0.4) is 0 Å². The third-order valence-corrected chi connectivity index (χ3v) is 4.74. The molecule has 1 aliphatic heterocycles. The lowest BCUT2D eigenvalue weighted by molar-refractivity contribution is -0.187. The van der Waals surface area contributed by atoms with Gasteiger partial charge in [0.2, 0.25) is 6.29 Å². The molecule has 0 radical (unpaired) electrons. The Morgan fingerprint density at radius 1 is 1.03 bits per heavy atom. The number of hydrogen-bond donors (Lipinski definition) is 1. The van der Waals surface area contributed by atoms with Crippen molar-refractivity contribution in [2.24, 2.45) is 0 Å². The summed E-state index contributed by atoms with van der Waals surface area (Å²) in [6.07, 6.45) is 1.03. The fourth-order valence-corrected chi connectivity index (χ4v) is 3.13. The first kappa shape index (κ1) is 20.4. The zero-order valence-electron chi connectivity index (χ0n) is 16.6. The average molecular weight is 416 g/mol. The monoisotopic (exact) mass is 416 g/mol. The molecule has 1 unspecified atom stereocenters. The predicted octanol–water partition coefficient (Wildman–Crippen LogP) is 4.62. The largest absolute Gasteiger partial charge is 0.489 e. The van der Waals surface area contributed by atoms with Gasteiger partial charge in [-0.25, -0.2) is 9.59 Å². The standard InChI is InChI=1S/C25H20O6/c26-23(27)20-8-4-5-18(14-20)15-29-22-11-9-17(10-12-22)13-21-16-30-25(31-24(21)28)19-6-2-1-3-7-19/h1-14,25H,15-16H2,(H,26,27)/b21-13+. The molecule has 1 aliphatic rings. The third-order valence-electron chi connectivity index (χ3n) is 4.74. The van der Waals surface area contributed by atoms with Crippen molar-refractivity contribution in [3.63, 3.8) is 0 Å². The van der Waals surface area contributed by atoms with Gasteiger partial charge in [0, 0.05) is 5.56 Å². The Hall–Kier alpha value is -3.90. The number of carboxylic acids is 1. The van der Waals surface area contributed by atoms with Gasteiger partial charge in [-0.3, -0.25) is 0 Å². The van der Waals surface area contributed by atoms with E-state index in [4.69, 9.17) is 19.3 Å². The zero-order chi connectivity index (χ0) is 21.6. The Labute approximate surface area is 179 Å². The molecule has 4 rings (SSSR count). The third kappa shape index (κ3) is 5.18. The molecule has 3 aromatic carbocycles. The van der Waals surface area contributed by atoms with Gasteiger partial charge < -0.3 is 19.3 Å². The minimum absolute atomic E-state index is 0.163. The minimum atomic E-state index is -0.973. The molecule has 156 valence electrons. The van der Waals surface area contributed by atoms with E-state index in [0.717, 1.165) is 16.7 Å². The van der Waals surface area contributed by atoms with Crippen molar-refractivity contribution < 1.29 is 28.9 Å². The first-order chi connectivity index (χ1) is 15.1. The summed E-state index contributed by atoms with van der Waals surface area (Å²) in [6.45, 7) is 0.416. The van der Waals surface area contributed by atoms with Crippen LogP contribution in [0, 0.1) is 0 Å². The highest BCUT2D eigenvalue weighted by molar-refractivity contribution is 5.94. The number of cyclic esters (lactones) is 1. The molecule has 1 N–H and O–H groups in total. The Morgan fingerprint density at radius 3 is 2.52 bits per heavy atom. The van der Waals surface area contributed by atoms with E-state index in [1.807, 2.05) is 48.5 Å². The summed E-state index contributed by atoms with van der Waals surface area (Å²) in [5.74, 6) is -0.743. The Morgan fingerprint density at radius 2 is 1.81 bits per heavy atom. The lowest BCUT2D eigenvalue weighted by Crippen LogP contribution is -2.25. The highest BCUT2D eigenvalue weighted by Gasteiger charge is 2.26. The first-order valence-corrected chi connectivity index (χ1v) is 9.72. The average Bonchev–Trinajstić information content (AvgIpc) is 2.80. The molecule has 0 amide bonds. The van der Waals surface area contributed by atoms with Crippen LogP contribution >= 0.6 is 0 Å². The zero-order valence-corrected chi connectivity index (χ0v) is 16.6. The van der Waals surface area contributed by atoms with Crippen LogP contribution in [0.1, 0.15) is 33.3 Å². The van der Waals surface area contributed by atoms with Crippen LogP contribution in [0.25, 0.3) is 6.08 Å². The maximum absolute atomic E-state index is 12.3. The molecule has 0 aliphatic carbocycles. The van der Waals surface area contributed by atoms with Crippen LogP contribution in [-0.2, 0) is 20.9 Å². The number of benzene rings is 3. The number of carboxylic acid groups (broad SMARTS) is 1.